The second kappa shape index (κ2) is 10.7. The first-order chi connectivity index (χ1) is 8.24. The number of carbonyl (C=O) groups excluding carboxylic acids is 1. The van der Waals surface area contributed by atoms with Crippen molar-refractivity contribution < 1.29 is 4.79 Å². The topological polar surface area (TPSA) is 46.3 Å². The van der Waals surface area contributed by atoms with Crippen LogP contribution in [0.4, 0.5) is 0 Å². The Morgan fingerprint density at radius 2 is 1.71 bits per heavy atom. The number of hydrogen-bond acceptors (Lipinski definition) is 3. The van der Waals surface area contributed by atoms with E-state index in [0.29, 0.717) is 6.42 Å². The molecule has 0 amide bonds. The minimum atomic E-state index is -0.238. The van der Waals surface area contributed by atoms with E-state index in [-0.39, 0.29) is 11.8 Å². The zero-order chi connectivity index (χ0) is 13.1. The van der Waals surface area contributed by atoms with E-state index in [9.17, 15) is 4.79 Å². The van der Waals surface area contributed by atoms with Gasteiger partial charge in [0, 0.05) is 13.0 Å². The first-order valence-corrected chi connectivity index (χ1v) is 7.24. The zero-order valence-corrected chi connectivity index (χ0v) is 11.9. The average molecular weight is 242 g/mol. The van der Waals surface area contributed by atoms with Crippen molar-refractivity contribution in [3.63, 3.8) is 0 Å². The number of hydrogen-bond donors (Lipinski definition) is 1. The third kappa shape index (κ3) is 7.50. The van der Waals surface area contributed by atoms with Gasteiger partial charge in [0.15, 0.2) is 0 Å². The molecule has 3 nitrogen and oxygen atoms in total. The largest absolute Gasteiger partial charge is 0.321 e. The van der Waals surface area contributed by atoms with Gasteiger partial charge in [-0.05, 0) is 32.4 Å². The first-order valence-electron chi connectivity index (χ1n) is 7.24. The fraction of sp³-hybridized carbons (Fsp3) is 0.929. The van der Waals surface area contributed by atoms with E-state index < -0.39 is 0 Å². The van der Waals surface area contributed by atoms with Gasteiger partial charge in [0.2, 0.25) is 0 Å². The monoisotopic (exact) mass is 242 g/mol. The zero-order valence-electron chi connectivity index (χ0n) is 11.9. The van der Waals surface area contributed by atoms with Crippen LogP contribution in [0.5, 0.6) is 0 Å². The van der Waals surface area contributed by atoms with Crippen molar-refractivity contribution in [2.45, 2.75) is 65.3 Å². The van der Waals surface area contributed by atoms with Gasteiger partial charge in [-0.1, -0.05) is 33.6 Å². The van der Waals surface area contributed by atoms with Gasteiger partial charge in [-0.3, -0.25) is 4.79 Å². The van der Waals surface area contributed by atoms with Crippen molar-refractivity contribution in [3.8, 4) is 0 Å². The average Bonchev–Trinajstić information content (AvgIpc) is 2.65. The SMILES string of the molecule is CC.CCC(=O)C(N)CCN1CCCCCC1. The molecule has 0 saturated carbocycles. The van der Waals surface area contributed by atoms with Crippen molar-refractivity contribution in [2.75, 3.05) is 19.6 Å². The molecule has 3 heteroatoms. The highest BCUT2D eigenvalue weighted by Gasteiger charge is 2.14. The Morgan fingerprint density at radius 3 is 2.18 bits per heavy atom. The Hall–Kier alpha value is -0.410. The van der Waals surface area contributed by atoms with Crippen LogP contribution in [0.2, 0.25) is 0 Å². The Labute approximate surface area is 107 Å². The molecule has 0 radical (unpaired) electrons. The number of Topliss-reactive ketones (excluding diaryl/α,β-unsaturated/α-hetero) is 1. The van der Waals surface area contributed by atoms with E-state index in [4.69, 9.17) is 5.73 Å². The van der Waals surface area contributed by atoms with E-state index in [2.05, 4.69) is 4.90 Å². The molecule has 0 bridgehead atoms. The highest BCUT2D eigenvalue weighted by molar-refractivity contribution is 5.83. The molecule has 0 aromatic heterocycles. The predicted molar refractivity (Wildman–Crippen MR) is 74.1 cm³/mol. The van der Waals surface area contributed by atoms with Crippen LogP contribution < -0.4 is 5.73 Å². The summed E-state index contributed by atoms with van der Waals surface area (Å²) in [6.45, 7) is 9.25. The van der Waals surface area contributed by atoms with Crippen LogP contribution in [0.25, 0.3) is 0 Å². The number of nitrogens with two attached hydrogens (primary N) is 1. The Morgan fingerprint density at radius 1 is 1.18 bits per heavy atom. The lowest BCUT2D eigenvalue weighted by Gasteiger charge is -2.21. The van der Waals surface area contributed by atoms with Crippen molar-refractivity contribution in [1.82, 2.24) is 4.90 Å². The summed E-state index contributed by atoms with van der Waals surface area (Å²) in [5, 5.41) is 0. The minimum absolute atomic E-state index is 0.199. The van der Waals surface area contributed by atoms with Gasteiger partial charge in [-0.25, -0.2) is 0 Å². The summed E-state index contributed by atoms with van der Waals surface area (Å²) in [6, 6.07) is -0.238. The van der Waals surface area contributed by atoms with Crippen molar-refractivity contribution in [1.29, 1.82) is 0 Å². The van der Waals surface area contributed by atoms with Gasteiger partial charge in [0.25, 0.3) is 0 Å². The van der Waals surface area contributed by atoms with Crippen LogP contribution in [0.1, 0.15) is 59.3 Å². The van der Waals surface area contributed by atoms with Gasteiger partial charge in [0.05, 0.1) is 6.04 Å². The van der Waals surface area contributed by atoms with Gasteiger partial charge in [-0.15, -0.1) is 0 Å². The molecule has 1 aliphatic rings. The minimum Gasteiger partial charge on any atom is -0.321 e. The van der Waals surface area contributed by atoms with E-state index in [1.165, 1.54) is 38.8 Å². The van der Waals surface area contributed by atoms with E-state index in [0.717, 1.165) is 13.0 Å². The molecular weight excluding hydrogens is 212 g/mol. The van der Waals surface area contributed by atoms with E-state index in [1.807, 2.05) is 20.8 Å². The second-order valence-corrected chi connectivity index (χ2v) is 4.47. The summed E-state index contributed by atoms with van der Waals surface area (Å²) < 4.78 is 0. The smallest absolute Gasteiger partial charge is 0.149 e. The number of carbonyl (C=O) groups is 1. The molecule has 2 N–H and O–H groups in total. The molecule has 17 heavy (non-hydrogen) atoms. The predicted octanol–water partition coefficient (Wildman–Crippen LogP) is 2.59. The molecule has 0 aromatic carbocycles. The standard InChI is InChI=1S/C12H24N2O.C2H6/c1-2-12(15)11(13)7-10-14-8-5-3-4-6-9-14;1-2/h11H,2-10,13H2,1H3;1-2H3. The second-order valence-electron chi connectivity index (χ2n) is 4.47. The molecule has 1 unspecified atom stereocenters. The maximum absolute atomic E-state index is 11.3. The van der Waals surface area contributed by atoms with Crippen LogP contribution in [0, 0.1) is 0 Å². The Kier molecular flexibility index (Phi) is 10.5. The highest BCUT2D eigenvalue weighted by atomic mass is 16.1. The molecule has 1 heterocycles. The molecule has 0 aliphatic carbocycles. The summed E-state index contributed by atoms with van der Waals surface area (Å²) in [5.74, 6) is 0.199. The van der Waals surface area contributed by atoms with Gasteiger partial charge in [-0.2, -0.15) is 0 Å². The summed E-state index contributed by atoms with van der Waals surface area (Å²) >= 11 is 0. The molecule has 0 aromatic rings. The number of likely N-dealkylation sites (tertiary alicyclic amines) is 1. The van der Waals surface area contributed by atoms with Crippen molar-refractivity contribution >= 4 is 5.78 Å². The Bertz CT molecular complexity index is 187. The fourth-order valence-electron chi connectivity index (χ4n) is 2.10. The summed E-state index contributed by atoms with van der Waals surface area (Å²) in [4.78, 5) is 13.8. The summed E-state index contributed by atoms with van der Waals surface area (Å²) in [7, 11) is 0. The third-order valence-corrected chi connectivity index (χ3v) is 3.22. The molecule has 1 fully saturated rings. The lowest BCUT2D eigenvalue weighted by atomic mass is 10.1. The number of rotatable bonds is 5. The molecule has 1 rings (SSSR count). The molecular formula is C14H30N2O. The number of nitrogens with zero attached hydrogens (tertiary/aromatic N) is 1. The fourth-order valence-corrected chi connectivity index (χ4v) is 2.10. The molecule has 1 atom stereocenters. The first kappa shape index (κ1) is 16.6. The van der Waals surface area contributed by atoms with Crippen LogP contribution in [0.3, 0.4) is 0 Å². The van der Waals surface area contributed by atoms with Crippen LogP contribution in [0.15, 0.2) is 0 Å². The molecule has 0 spiro atoms. The van der Waals surface area contributed by atoms with Gasteiger partial charge >= 0.3 is 0 Å². The molecule has 1 saturated heterocycles. The lowest BCUT2D eigenvalue weighted by Crippen LogP contribution is -2.35. The van der Waals surface area contributed by atoms with Crippen molar-refractivity contribution in [3.05, 3.63) is 0 Å². The third-order valence-electron chi connectivity index (χ3n) is 3.22. The van der Waals surface area contributed by atoms with Crippen molar-refractivity contribution in [2.24, 2.45) is 5.73 Å². The van der Waals surface area contributed by atoms with E-state index >= 15 is 0 Å². The van der Waals surface area contributed by atoms with Gasteiger partial charge < -0.3 is 10.6 Å². The van der Waals surface area contributed by atoms with Crippen LogP contribution in [-0.4, -0.2) is 36.4 Å². The Balaban J connectivity index is 0.00000121. The highest BCUT2D eigenvalue weighted by Crippen LogP contribution is 2.10. The normalized spacial score (nSPS) is 18.8. The van der Waals surface area contributed by atoms with E-state index in [1.54, 1.807) is 0 Å². The van der Waals surface area contributed by atoms with Crippen LogP contribution >= 0.6 is 0 Å². The lowest BCUT2D eigenvalue weighted by molar-refractivity contribution is -0.120. The molecule has 1 aliphatic heterocycles. The quantitative estimate of drug-likeness (QED) is 0.806. The summed E-state index contributed by atoms with van der Waals surface area (Å²) in [6.07, 6.45) is 6.72. The number of ketones is 1. The maximum Gasteiger partial charge on any atom is 0.149 e. The van der Waals surface area contributed by atoms with Crippen LogP contribution in [-0.2, 0) is 4.79 Å². The van der Waals surface area contributed by atoms with Gasteiger partial charge in [0.1, 0.15) is 5.78 Å². The maximum atomic E-state index is 11.3. The molecule has 102 valence electrons. The summed E-state index contributed by atoms with van der Waals surface area (Å²) in [5.41, 5.74) is 5.81.